The molecule has 1 aromatic carbocycles. The minimum atomic E-state index is -0.350. The first-order chi connectivity index (χ1) is 12.1. The van der Waals surface area contributed by atoms with Crippen LogP contribution in [-0.2, 0) is 19.1 Å². The van der Waals surface area contributed by atoms with E-state index < -0.39 is 0 Å². The third-order valence-electron chi connectivity index (χ3n) is 3.48. The van der Waals surface area contributed by atoms with Gasteiger partial charge in [-0.25, -0.2) is 0 Å². The molecule has 1 rings (SSSR count). The fourth-order valence-corrected chi connectivity index (χ4v) is 2.09. The van der Waals surface area contributed by atoms with Crippen molar-refractivity contribution < 1.29 is 23.8 Å². The molecule has 138 valence electrons. The van der Waals surface area contributed by atoms with Gasteiger partial charge in [0.1, 0.15) is 5.75 Å². The van der Waals surface area contributed by atoms with Crippen LogP contribution in [0.4, 0.5) is 0 Å². The molecule has 0 aliphatic heterocycles. The van der Waals surface area contributed by atoms with E-state index in [0.29, 0.717) is 19.8 Å². The summed E-state index contributed by atoms with van der Waals surface area (Å²) in [6.45, 7) is 3.75. The Morgan fingerprint density at radius 2 is 1.88 bits per heavy atom. The summed E-state index contributed by atoms with van der Waals surface area (Å²) in [5, 5.41) is 0. The molecule has 0 aliphatic rings. The predicted octanol–water partition coefficient (Wildman–Crippen LogP) is 2.53. The molecule has 0 bridgehead atoms. The summed E-state index contributed by atoms with van der Waals surface area (Å²) in [5.41, 5.74) is 0.837. The zero-order valence-electron chi connectivity index (χ0n) is 15.2. The first-order valence-electron chi connectivity index (χ1n) is 8.37. The molecular weight excluding hydrogens is 322 g/mol. The van der Waals surface area contributed by atoms with Crippen molar-refractivity contribution in [2.75, 3.05) is 40.5 Å². The number of hydrogen-bond acceptors (Lipinski definition) is 5. The maximum absolute atomic E-state index is 12.4. The molecular formula is C19H27NO5. The van der Waals surface area contributed by atoms with Crippen LogP contribution in [0.5, 0.6) is 5.75 Å². The highest BCUT2D eigenvalue weighted by Gasteiger charge is 2.13. The number of amides is 1. The van der Waals surface area contributed by atoms with Crippen LogP contribution < -0.4 is 4.74 Å². The smallest absolute Gasteiger partial charge is 0.307 e. The minimum absolute atomic E-state index is 0.149. The Balaban J connectivity index is 2.77. The Morgan fingerprint density at radius 3 is 2.56 bits per heavy atom. The van der Waals surface area contributed by atoms with Crippen LogP contribution in [0.3, 0.4) is 0 Å². The molecule has 0 heterocycles. The first-order valence-corrected chi connectivity index (χ1v) is 8.37. The van der Waals surface area contributed by atoms with Crippen LogP contribution in [0.2, 0.25) is 0 Å². The summed E-state index contributed by atoms with van der Waals surface area (Å²) in [7, 11) is 2.90. The number of hydrogen-bond donors (Lipinski definition) is 0. The van der Waals surface area contributed by atoms with Gasteiger partial charge in [-0.1, -0.05) is 25.1 Å². The van der Waals surface area contributed by atoms with Gasteiger partial charge in [0.25, 0.3) is 0 Å². The van der Waals surface area contributed by atoms with Crippen LogP contribution in [0.15, 0.2) is 30.3 Å². The van der Waals surface area contributed by atoms with Crippen molar-refractivity contribution in [2.45, 2.75) is 19.8 Å². The molecule has 0 saturated carbocycles. The summed E-state index contributed by atoms with van der Waals surface area (Å²) >= 11 is 0. The summed E-state index contributed by atoms with van der Waals surface area (Å²) in [6, 6.07) is 7.55. The predicted molar refractivity (Wildman–Crippen MR) is 96.4 cm³/mol. The Hall–Kier alpha value is -2.34. The number of methoxy groups -OCH3 is 2. The van der Waals surface area contributed by atoms with E-state index in [1.165, 1.54) is 13.2 Å². The van der Waals surface area contributed by atoms with E-state index in [1.54, 1.807) is 18.1 Å². The quantitative estimate of drug-likeness (QED) is 0.454. The van der Waals surface area contributed by atoms with Crippen molar-refractivity contribution in [3.8, 4) is 5.75 Å². The normalized spacial score (nSPS) is 10.7. The summed E-state index contributed by atoms with van der Waals surface area (Å²) in [6.07, 6.45) is 4.28. The van der Waals surface area contributed by atoms with Crippen LogP contribution in [0.25, 0.3) is 6.08 Å². The average Bonchev–Trinajstić information content (AvgIpc) is 2.64. The lowest BCUT2D eigenvalue weighted by Crippen LogP contribution is -2.34. The second-order valence-corrected chi connectivity index (χ2v) is 5.36. The van der Waals surface area contributed by atoms with E-state index in [4.69, 9.17) is 9.47 Å². The molecule has 0 aromatic heterocycles. The molecule has 0 atom stereocenters. The van der Waals surface area contributed by atoms with E-state index in [2.05, 4.69) is 4.74 Å². The fraction of sp³-hybridized carbons (Fsp3) is 0.474. The number of esters is 1. The largest absolute Gasteiger partial charge is 0.493 e. The fourth-order valence-electron chi connectivity index (χ4n) is 2.09. The van der Waals surface area contributed by atoms with Crippen LogP contribution >= 0.6 is 0 Å². The highest BCUT2D eigenvalue weighted by Crippen LogP contribution is 2.19. The van der Waals surface area contributed by atoms with E-state index in [-0.39, 0.29) is 24.8 Å². The number of benzene rings is 1. The average molecular weight is 349 g/mol. The van der Waals surface area contributed by atoms with Gasteiger partial charge in [0.05, 0.1) is 26.7 Å². The molecule has 0 aliphatic carbocycles. The molecule has 6 nitrogen and oxygen atoms in total. The molecule has 0 saturated heterocycles. The highest BCUT2D eigenvalue weighted by atomic mass is 16.5. The Kier molecular flexibility index (Phi) is 10.0. The van der Waals surface area contributed by atoms with Gasteiger partial charge in [-0.15, -0.1) is 0 Å². The van der Waals surface area contributed by atoms with Gasteiger partial charge >= 0.3 is 5.97 Å². The molecule has 1 amide bonds. The molecule has 0 unspecified atom stereocenters. The van der Waals surface area contributed by atoms with Crippen LogP contribution in [0, 0.1) is 0 Å². The molecule has 0 spiro atoms. The van der Waals surface area contributed by atoms with E-state index in [1.807, 2.05) is 31.2 Å². The molecule has 25 heavy (non-hydrogen) atoms. The maximum Gasteiger partial charge on any atom is 0.307 e. The van der Waals surface area contributed by atoms with Crippen molar-refractivity contribution >= 4 is 18.0 Å². The van der Waals surface area contributed by atoms with Crippen molar-refractivity contribution in [2.24, 2.45) is 0 Å². The number of rotatable bonds is 11. The van der Waals surface area contributed by atoms with Crippen molar-refractivity contribution in [3.63, 3.8) is 0 Å². The standard InChI is InChI=1S/C19H27NO5/c1-4-14-25-17-8-6-5-7-16(17)9-10-18(21)20(13-15-23-2)12-11-19(22)24-3/h5-10H,4,11-15H2,1-3H3/b10-9+. The number of para-hydroxylation sites is 1. The van der Waals surface area contributed by atoms with Gasteiger partial charge in [-0.2, -0.15) is 0 Å². The molecule has 0 fully saturated rings. The first kappa shape index (κ1) is 20.7. The van der Waals surface area contributed by atoms with Crippen LogP contribution in [0.1, 0.15) is 25.3 Å². The second kappa shape index (κ2) is 12.1. The third kappa shape index (κ3) is 7.85. The maximum atomic E-state index is 12.4. The van der Waals surface area contributed by atoms with E-state index in [9.17, 15) is 9.59 Å². The lowest BCUT2D eigenvalue weighted by atomic mass is 10.2. The number of ether oxygens (including phenoxy) is 3. The lowest BCUT2D eigenvalue weighted by Gasteiger charge is -2.20. The van der Waals surface area contributed by atoms with Gasteiger partial charge < -0.3 is 19.1 Å². The summed E-state index contributed by atoms with van der Waals surface area (Å²) < 4.78 is 15.3. The Morgan fingerprint density at radius 1 is 1.12 bits per heavy atom. The zero-order valence-corrected chi connectivity index (χ0v) is 15.2. The molecule has 1 aromatic rings. The summed E-state index contributed by atoms with van der Waals surface area (Å²) in [4.78, 5) is 25.3. The van der Waals surface area contributed by atoms with Crippen molar-refractivity contribution in [1.82, 2.24) is 4.90 Å². The molecule has 0 radical (unpaired) electrons. The van der Waals surface area contributed by atoms with Crippen molar-refractivity contribution in [3.05, 3.63) is 35.9 Å². The lowest BCUT2D eigenvalue weighted by molar-refractivity contribution is -0.141. The van der Waals surface area contributed by atoms with Crippen LogP contribution in [-0.4, -0.2) is 57.3 Å². The monoisotopic (exact) mass is 349 g/mol. The Labute approximate surface area is 149 Å². The van der Waals surface area contributed by atoms with E-state index >= 15 is 0 Å². The molecule has 6 heteroatoms. The molecule has 0 N–H and O–H groups in total. The number of carbonyl (C=O) groups is 2. The third-order valence-corrected chi connectivity index (χ3v) is 3.48. The van der Waals surface area contributed by atoms with Gasteiger partial charge in [-0.05, 0) is 18.6 Å². The van der Waals surface area contributed by atoms with Gasteiger partial charge in [-0.3, -0.25) is 9.59 Å². The number of nitrogens with zero attached hydrogens (tertiary/aromatic N) is 1. The van der Waals surface area contributed by atoms with Gasteiger partial charge in [0.15, 0.2) is 0 Å². The number of carbonyl (C=O) groups excluding carboxylic acids is 2. The SMILES string of the molecule is CCCOc1ccccc1/C=C/C(=O)N(CCOC)CCC(=O)OC. The van der Waals surface area contributed by atoms with Crippen molar-refractivity contribution in [1.29, 1.82) is 0 Å². The second-order valence-electron chi connectivity index (χ2n) is 5.36. The van der Waals surface area contributed by atoms with Gasteiger partial charge in [0.2, 0.25) is 5.91 Å². The summed E-state index contributed by atoms with van der Waals surface area (Å²) in [5.74, 6) is 0.204. The minimum Gasteiger partial charge on any atom is -0.493 e. The van der Waals surface area contributed by atoms with Gasteiger partial charge in [0, 0.05) is 31.8 Å². The highest BCUT2D eigenvalue weighted by molar-refractivity contribution is 5.92. The zero-order chi connectivity index (χ0) is 18.5. The Bertz CT molecular complexity index is 571. The van der Waals surface area contributed by atoms with E-state index in [0.717, 1.165) is 17.7 Å². The topological polar surface area (TPSA) is 65.1 Å².